The number of aromatic nitrogens is 2. The summed E-state index contributed by atoms with van der Waals surface area (Å²) in [5.74, 6) is 1.83. The number of rotatable bonds is 8. The maximum atomic E-state index is 13.2. The topological polar surface area (TPSA) is 82.5 Å². The first-order valence-electron chi connectivity index (χ1n) is 10.9. The summed E-state index contributed by atoms with van der Waals surface area (Å²) < 4.78 is 13.1. The molecule has 0 aliphatic carbocycles. The lowest BCUT2D eigenvalue weighted by Gasteiger charge is -2.28. The highest BCUT2D eigenvalue weighted by Crippen LogP contribution is 2.39. The van der Waals surface area contributed by atoms with Crippen molar-refractivity contribution in [3.63, 3.8) is 0 Å². The Labute approximate surface area is 197 Å². The molecule has 3 aromatic rings. The lowest BCUT2D eigenvalue weighted by molar-refractivity contribution is -0.116. The number of nitrogens with zero attached hydrogens (tertiary/aromatic N) is 2. The van der Waals surface area contributed by atoms with Crippen molar-refractivity contribution in [2.45, 2.75) is 36.6 Å². The Morgan fingerprint density at radius 2 is 1.94 bits per heavy atom. The molecule has 4 rings (SSSR count). The van der Waals surface area contributed by atoms with Gasteiger partial charge in [0.2, 0.25) is 5.91 Å². The smallest absolute Gasteiger partial charge is 0.279 e. The van der Waals surface area contributed by atoms with Gasteiger partial charge < -0.3 is 19.4 Å². The highest BCUT2D eigenvalue weighted by Gasteiger charge is 2.32. The van der Waals surface area contributed by atoms with Gasteiger partial charge in [-0.25, -0.2) is 0 Å². The van der Waals surface area contributed by atoms with Crippen LogP contribution in [0, 0.1) is 0 Å². The van der Waals surface area contributed by atoms with Gasteiger partial charge in [-0.15, -0.1) is 0 Å². The Morgan fingerprint density at radius 3 is 2.67 bits per heavy atom. The van der Waals surface area contributed by atoms with Crippen LogP contribution in [0.4, 0.5) is 5.82 Å². The zero-order valence-corrected chi connectivity index (χ0v) is 19.8. The van der Waals surface area contributed by atoms with Gasteiger partial charge in [0.25, 0.3) is 5.56 Å². The van der Waals surface area contributed by atoms with E-state index in [0.717, 1.165) is 17.5 Å². The third-order valence-electron chi connectivity index (χ3n) is 5.56. The highest BCUT2D eigenvalue weighted by molar-refractivity contribution is 7.98. The van der Waals surface area contributed by atoms with Crippen LogP contribution in [0.1, 0.15) is 42.4 Å². The fraction of sp³-hybridized carbons (Fsp3) is 0.320. The lowest BCUT2D eigenvalue weighted by Crippen LogP contribution is -2.33. The molecule has 0 bridgehead atoms. The first-order valence-corrected chi connectivity index (χ1v) is 11.9. The van der Waals surface area contributed by atoms with Gasteiger partial charge in [-0.1, -0.05) is 55.1 Å². The molecule has 1 N–H and O–H groups in total. The van der Waals surface area contributed by atoms with E-state index in [0.29, 0.717) is 40.4 Å². The number of carbonyl (C=O) groups is 1. The minimum atomic E-state index is -0.415. The molecule has 1 aliphatic heterocycles. The van der Waals surface area contributed by atoms with Crippen LogP contribution in [-0.4, -0.2) is 29.2 Å². The molecule has 0 saturated heterocycles. The van der Waals surface area contributed by atoms with Crippen molar-refractivity contribution in [1.29, 1.82) is 0 Å². The number of thioether (sulfide) groups is 1. The predicted octanol–water partition coefficient (Wildman–Crippen LogP) is 4.34. The number of anilines is 1. The van der Waals surface area contributed by atoms with E-state index < -0.39 is 5.92 Å². The van der Waals surface area contributed by atoms with Crippen molar-refractivity contribution in [2.24, 2.45) is 7.05 Å². The number of ether oxygens (including phenoxy) is 2. The van der Waals surface area contributed by atoms with E-state index >= 15 is 0 Å². The second kappa shape index (κ2) is 10.1. The summed E-state index contributed by atoms with van der Waals surface area (Å²) in [6.07, 6.45) is 1.05. The Balaban J connectivity index is 1.69. The molecule has 1 aliphatic rings. The molecule has 2 aromatic carbocycles. The molecule has 1 amide bonds. The normalized spacial score (nSPS) is 15.0. The van der Waals surface area contributed by atoms with Crippen molar-refractivity contribution in [3.05, 3.63) is 75.6 Å². The van der Waals surface area contributed by atoms with E-state index in [1.54, 1.807) is 11.7 Å². The SMILES string of the molecule is CCCOc1ccc([C@@H]2CC(=O)Nc3c2c(=O)nc(SCc2ccccc2)n3C)cc1OC. The van der Waals surface area contributed by atoms with Crippen LogP contribution in [-0.2, 0) is 17.6 Å². The molecule has 1 aromatic heterocycles. The standard InChI is InChI=1S/C25H27N3O4S/c1-4-12-32-19-11-10-17(13-20(19)31-3)18-14-21(29)26-23-22(18)24(30)27-25(28(23)2)33-15-16-8-6-5-7-9-16/h5-11,13,18H,4,12,14-15H2,1-3H3,(H,26,29)/t18-/m0/s1. The molecule has 0 radical (unpaired) electrons. The van der Waals surface area contributed by atoms with E-state index in [1.807, 2.05) is 62.5 Å². The van der Waals surface area contributed by atoms with Crippen molar-refractivity contribution in [2.75, 3.05) is 19.0 Å². The Kier molecular flexibility index (Phi) is 7.03. The van der Waals surface area contributed by atoms with Crippen LogP contribution >= 0.6 is 11.8 Å². The van der Waals surface area contributed by atoms with Crippen LogP contribution in [0.5, 0.6) is 11.5 Å². The number of fused-ring (bicyclic) bond motifs is 1. The first-order chi connectivity index (χ1) is 16.0. The van der Waals surface area contributed by atoms with Crippen molar-refractivity contribution in [1.82, 2.24) is 9.55 Å². The number of methoxy groups -OCH3 is 1. The summed E-state index contributed by atoms with van der Waals surface area (Å²) in [5.41, 5.74) is 2.11. The van der Waals surface area contributed by atoms with Crippen molar-refractivity contribution in [3.8, 4) is 11.5 Å². The molecular weight excluding hydrogens is 438 g/mol. The summed E-state index contributed by atoms with van der Waals surface area (Å²) in [6.45, 7) is 2.62. The predicted molar refractivity (Wildman–Crippen MR) is 129 cm³/mol. The fourth-order valence-corrected chi connectivity index (χ4v) is 4.82. The third kappa shape index (κ3) is 4.90. The van der Waals surface area contributed by atoms with Gasteiger partial charge >= 0.3 is 0 Å². The molecule has 172 valence electrons. The lowest BCUT2D eigenvalue weighted by atomic mass is 9.86. The summed E-state index contributed by atoms with van der Waals surface area (Å²) in [6, 6.07) is 15.5. The van der Waals surface area contributed by atoms with Gasteiger partial charge in [0.05, 0.1) is 19.3 Å². The highest BCUT2D eigenvalue weighted by atomic mass is 32.2. The van der Waals surface area contributed by atoms with Crippen molar-refractivity contribution >= 4 is 23.5 Å². The fourth-order valence-electron chi connectivity index (χ4n) is 3.90. The minimum absolute atomic E-state index is 0.141. The average molecular weight is 466 g/mol. The maximum Gasteiger partial charge on any atom is 0.279 e. The first kappa shape index (κ1) is 22.9. The molecule has 0 saturated carbocycles. The van der Waals surface area contributed by atoms with E-state index in [1.165, 1.54) is 11.8 Å². The molecule has 8 heteroatoms. The zero-order chi connectivity index (χ0) is 23.4. The minimum Gasteiger partial charge on any atom is -0.493 e. The van der Waals surface area contributed by atoms with Gasteiger partial charge in [-0.3, -0.25) is 9.59 Å². The number of amides is 1. The molecule has 0 unspecified atom stereocenters. The Morgan fingerprint density at radius 1 is 1.15 bits per heavy atom. The van der Waals surface area contributed by atoms with Crippen molar-refractivity contribution < 1.29 is 14.3 Å². The van der Waals surface area contributed by atoms with Gasteiger partial charge in [-0.2, -0.15) is 4.98 Å². The Hall–Kier alpha value is -3.26. The summed E-state index contributed by atoms with van der Waals surface area (Å²) >= 11 is 1.47. The second-order valence-electron chi connectivity index (χ2n) is 7.86. The van der Waals surface area contributed by atoms with Gasteiger partial charge in [0, 0.05) is 25.1 Å². The maximum absolute atomic E-state index is 13.2. The molecular formula is C25H27N3O4S. The van der Waals surface area contributed by atoms with E-state index in [-0.39, 0.29) is 17.9 Å². The van der Waals surface area contributed by atoms with Gasteiger partial charge in [-0.05, 0) is 29.7 Å². The molecule has 33 heavy (non-hydrogen) atoms. The molecule has 1 atom stereocenters. The molecule has 2 heterocycles. The second-order valence-corrected chi connectivity index (χ2v) is 8.80. The van der Waals surface area contributed by atoms with Crippen LogP contribution in [0.2, 0.25) is 0 Å². The number of nitrogens with one attached hydrogen (secondary N) is 1. The van der Waals surface area contributed by atoms with Crippen LogP contribution < -0.4 is 20.3 Å². The quantitative estimate of drug-likeness (QED) is 0.394. The van der Waals surface area contributed by atoms with Gasteiger partial charge in [0.1, 0.15) is 5.82 Å². The summed E-state index contributed by atoms with van der Waals surface area (Å²) in [4.78, 5) is 30.1. The number of benzene rings is 2. The number of hydrogen-bond acceptors (Lipinski definition) is 6. The van der Waals surface area contributed by atoms with E-state index in [9.17, 15) is 9.59 Å². The van der Waals surface area contributed by atoms with Gasteiger partial charge in [0.15, 0.2) is 16.7 Å². The number of carbonyl (C=O) groups excluding carboxylic acids is 1. The zero-order valence-electron chi connectivity index (χ0n) is 19.0. The monoisotopic (exact) mass is 465 g/mol. The van der Waals surface area contributed by atoms with E-state index in [2.05, 4.69) is 10.3 Å². The number of hydrogen-bond donors (Lipinski definition) is 1. The van der Waals surface area contributed by atoms with Crippen LogP contribution in [0.25, 0.3) is 0 Å². The van der Waals surface area contributed by atoms with E-state index in [4.69, 9.17) is 9.47 Å². The van der Waals surface area contributed by atoms with Crippen LogP contribution in [0.15, 0.2) is 58.5 Å². The molecule has 0 fully saturated rings. The largest absolute Gasteiger partial charge is 0.493 e. The molecule has 7 nitrogen and oxygen atoms in total. The van der Waals surface area contributed by atoms with Crippen LogP contribution in [0.3, 0.4) is 0 Å². The molecule has 0 spiro atoms. The summed E-state index contributed by atoms with van der Waals surface area (Å²) in [7, 11) is 3.40. The third-order valence-corrected chi connectivity index (χ3v) is 6.66. The average Bonchev–Trinajstić information content (AvgIpc) is 2.84. The Bertz CT molecular complexity index is 1210. The summed E-state index contributed by atoms with van der Waals surface area (Å²) in [5, 5.41) is 3.45.